The normalized spacial score (nSPS) is 14.4. The van der Waals surface area contributed by atoms with E-state index in [9.17, 15) is 9.90 Å². The van der Waals surface area contributed by atoms with Crippen LogP contribution in [0.1, 0.15) is 19.4 Å². The molecule has 0 bridgehead atoms. The predicted molar refractivity (Wildman–Crippen MR) is 66.0 cm³/mol. The van der Waals surface area contributed by atoms with Crippen molar-refractivity contribution in [3.05, 3.63) is 48.5 Å². The summed E-state index contributed by atoms with van der Waals surface area (Å²) in [6.07, 6.45) is 2.80. The van der Waals surface area contributed by atoms with Crippen LogP contribution in [0.15, 0.2) is 43.0 Å². The maximum absolute atomic E-state index is 11.9. The van der Waals surface area contributed by atoms with Crippen molar-refractivity contribution < 1.29 is 9.90 Å². The molecule has 1 atom stereocenters. The van der Waals surface area contributed by atoms with Gasteiger partial charge in [0.1, 0.15) is 12.7 Å². The van der Waals surface area contributed by atoms with Gasteiger partial charge in [-0.3, -0.25) is 0 Å². The molecule has 2 rings (SSSR count). The van der Waals surface area contributed by atoms with Crippen molar-refractivity contribution in [2.24, 2.45) is 5.92 Å². The van der Waals surface area contributed by atoms with Crippen molar-refractivity contribution in [2.75, 3.05) is 0 Å². The molecule has 1 heterocycles. The lowest BCUT2D eigenvalue weighted by Crippen LogP contribution is -2.48. The Balaban J connectivity index is 2.70. The topological polar surface area (TPSA) is 68.0 Å². The van der Waals surface area contributed by atoms with Crippen molar-refractivity contribution >= 4 is 5.97 Å². The SMILES string of the molecule is CC(C)C(C(=O)O)(c1ccccc1)n1cncn1. The summed E-state index contributed by atoms with van der Waals surface area (Å²) in [5.41, 5.74) is -0.532. The lowest BCUT2D eigenvalue weighted by atomic mass is 9.80. The van der Waals surface area contributed by atoms with Gasteiger partial charge in [0.15, 0.2) is 5.54 Å². The summed E-state index contributed by atoms with van der Waals surface area (Å²) >= 11 is 0. The second-order valence-electron chi connectivity index (χ2n) is 4.43. The van der Waals surface area contributed by atoms with Crippen LogP contribution in [0.25, 0.3) is 0 Å². The van der Waals surface area contributed by atoms with Crippen LogP contribution >= 0.6 is 0 Å². The number of hydrogen-bond acceptors (Lipinski definition) is 3. The highest BCUT2D eigenvalue weighted by Crippen LogP contribution is 2.33. The molecule has 0 saturated heterocycles. The van der Waals surface area contributed by atoms with E-state index in [0.717, 1.165) is 0 Å². The number of hydrogen-bond donors (Lipinski definition) is 1. The van der Waals surface area contributed by atoms with Gasteiger partial charge in [0, 0.05) is 0 Å². The number of rotatable bonds is 4. The van der Waals surface area contributed by atoms with Crippen LogP contribution in [0.5, 0.6) is 0 Å². The van der Waals surface area contributed by atoms with Crippen LogP contribution in [-0.4, -0.2) is 25.8 Å². The van der Waals surface area contributed by atoms with E-state index in [1.54, 1.807) is 12.1 Å². The fourth-order valence-corrected chi connectivity index (χ4v) is 2.28. The predicted octanol–water partition coefficient (Wildman–Crippen LogP) is 1.76. The van der Waals surface area contributed by atoms with Crippen LogP contribution in [0, 0.1) is 5.92 Å². The largest absolute Gasteiger partial charge is 0.479 e. The average Bonchev–Trinajstić information content (AvgIpc) is 2.84. The Morgan fingerprint density at radius 3 is 2.44 bits per heavy atom. The molecule has 5 heteroatoms. The third kappa shape index (κ3) is 1.68. The zero-order valence-electron chi connectivity index (χ0n) is 10.3. The molecule has 0 radical (unpaired) electrons. The van der Waals surface area contributed by atoms with Gasteiger partial charge in [0.2, 0.25) is 0 Å². The molecule has 1 aromatic carbocycles. The number of carbonyl (C=O) groups is 1. The molecule has 0 aliphatic rings. The molecule has 0 aliphatic heterocycles. The van der Waals surface area contributed by atoms with Crippen molar-refractivity contribution in [1.29, 1.82) is 0 Å². The van der Waals surface area contributed by atoms with Gasteiger partial charge in [-0.25, -0.2) is 14.5 Å². The molecule has 2 aromatic rings. The fraction of sp³-hybridized carbons (Fsp3) is 0.308. The summed E-state index contributed by atoms with van der Waals surface area (Å²) in [5.74, 6) is -1.10. The van der Waals surface area contributed by atoms with E-state index in [2.05, 4.69) is 10.1 Å². The molecule has 0 spiro atoms. The van der Waals surface area contributed by atoms with Gasteiger partial charge in [-0.1, -0.05) is 44.2 Å². The van der Waals surface area contributed by atoms with E-state index < -0.39 is 11.5 Å². The number of carboxylic acid groups (broad SMARTS) is 1. The zero-order valence-corrected chi connectivity index (χ0v) is 10.3. The summed E-state index contributed by atoms with van der Waals surface area (Å²) in [6, 6.07) is 9.11. The Kier molecular flexibility index (Phi) is 3.14. The first-order valence-corrected chi connectivity index (χ1v) is 5.74. The Labute approximate surface area is 105 Å². The minimum atomic E-state index is -1.22. The van der Waals surface area contributed by atoms with Crippen molar-refractivity contribution in [3.8, 4) is 0 Å². The van der Waals surface area contributed by atoms with Crippen molar-refractivity contribution in [2.45, 2.75) is 19.4 Å². The standard InChI is InChI=1S/C13H15N3O2/c1-10(2)13(12(17)18,16-9-14-8-15-16)11-6-4-3-5-7-11/h3-10H,1-2H3,(H,17,18). The fourth-order valence-electron chi connectivity index (χ4n) is 2.28. The van der Waals surface area contributed by atoms with Crippen LogP contribution in [0.4, 0.5) is 0 Å². The van der Waals surface area contributed by atoms with Crippen molar-refractivity contribution in [1.82, 2.24) is 14.8 Å². The zero-order chi connectivity index (χ0) is 13.2. The van der Waals surface area contributed by atoms with Crippen LogP contribution in [0.3, 0.4) is 0 Å². The van der Waals surface area contributed by atoms with E-state index in [0.29, 0.717) is 5.56 Å². The summed E-state index contributed by atoms with van der Waals surface area (Å²) in [6.45, 7) is 3.73. The van der Waals surface area contributed by atoms with Gasteiger partial charge in [-0.05, 0) is 11.5 Å². The van der Waals surface area contributed by atoms with Crippen LogP contribution in [-0.2, 0) is 10.3 Å². The smallest absolute Gasteiger partial charge is 0.336 e. The number of carboxylic acids is 1. The Hall–Kier alpha value is -2.17. The molecule has 1 aromatic heterocycles. The second-order valence-corrected chi connectivity index (χ2v) is 4.43. The summed E-state index contributed by atoms with van der Waals surface area (Å²) in [4.78, 5) is 15.7. The maximum atomic E-state index is 11.9. The quantitative estimate of drug-likeness (QED) is 0.891. The molecular weight excluding hydrogens is 230 g/mol. The van der Waals surface area contributed by atoms with Crippen LogP contribution < -0.4 is 0 Å². The first-order valence-electron chi connectivity index (χ1n) is 5.74. The molecule has 0 amide bonds. The Morgan fingerprint density at radius 2 is 2.00 bits per heavy atom. The molecule has 0 fully saturated rings. The highest BCUT2D eigenvalue weighted by Gasteiger charge is 2.46. The molecule has 0 saturated carbocycles. The summed E-state index contributed by atoms with van der Waals surface area (Å²) in [5, 5.41) is 13.8. The van der Waals surface area contributed by atoms with E-state index >= 15 is 0 Å². The van der Waals surface area contributed by atoms with E-state index in [1.165, 1.54) is 17.3 Å². The summed E-state index contributed by atoms with van der Waals surface area (Å²) < 4.78 is 1.41. The number of nitrogens with zero attached hydrogens (tertiary/aromatic N) is 3. The van der Waals surface area contributed by atoms with E-state index in [-0.39, 0.29) is 5.92 Å². The molecule has 1 N–H and O–H groups in total. The van der Waals surface area contributed by atoms with Gasteiger partial charge in [-0.15, -0.1) is 0 Å². The number of benzene rings is 1. The Morgan fingerprint density at radius 1 is 1.33 bits per heavy atom. The molecule has 94 valence electrons. The van der Waals surface area contributed by atoms with Gasteiger partial charge in [0.25, 0.3) is 0 Å². The lowest BCUT2D eigenvalue weighted by Gasteiger charge is -2.33. The lowest BCUT2D eigenvalue weighted by molar-refractivity contribution is -0.148. The second kappa shape index (κ2) is 4.60. The number of aliphatic carboxylic acids is 1. The van der Waals surface area contributed by atoms with E-state index in [1.807, 2.05) is 32.0 Å². The van der Waals surface area contributed by atoms with Gasteiger partial charge in [-0.2, -0.15) is 5.10 Å². The molecule has 5 nitrogen and oxygen atoms in total. The third-order valence-electron chi connectivity index (χ3n) is 3.16. The maximum Gasteiger partial charge on any atom is 0.336 e. The summed E-state index contributed by atoms with van der Waals surface area (Å²) in [7, 11) is 0. The monoisotopic (exact) mass is 245 g/mol. The minimum Gasteiger partial charge on any atom is -0.479 e. The molecule has 1 unspecified atom stereocenters. The third-order valence-corrected chi connectivity index (χ3v) is 3.16. The molecule has 18 heavy (non-hydrogen) atoms. The molecular formula is C13H15N3O2. The highest BCUT2D eigenvalue weighted by molar-refractivity contribution is 5.81. The van der Waals surface area contributed by atoms with Gasteiger partial charge < -0.3 is 5.11 Å². The van der Waals surface area contributed by atoms with Crippen molar-refractivity contribution in [3.63, 3.8) is 0 Å². The van der Waals surface area contributed by atoms with Gasteiger partial charge >= 0.3 is 5.97 Å². The van der Waals surface area contributed by atoms with Crippen LogP contribution in [0.2, 0.25) is 0 Å². The Bertz CT molecular complexity index is 522. The highest BCUT2D eigenvalue weighted by atomic mass is 16.4. The average molecular weight is 245 g/mol. The minimum absolute atomic E-state index is 0.168. The molecule has 0 aliphatic carbocycles. The van der Waals surface area contributed by atoms with Gasteiger partial charge in [0.05, 0.1) is 0 Å². The van der Waals surface area contributed by atoms with E-state index in [4.69, 9.17) is 0 Å². The first kappa shape index (κ1) is 12.3. The number of aromatic nitrogens is 3. The first-order chi connectivity index (χ1) is 8.60.